The van der Waals surface area contributed by atoms with Crippen molar-refractivity contribution in [3.05, 3.63) is 0 Å². The van der Waals surface area contributed by atoms with E-state index in [-0.39, 0.29) is 0 Å². The first-order valence-corrected chi connectivity index (χ1v) is 8.78. The van der Waals surface area contributed by atoms with Crippen molar-refractivity contribution in [1.82, 2.24) is 0 Å². The first kappa shape index (κ1) is 16.8. The van der Waals surface area contributed by atoms with E-state index in [9.17, 15) is 0 Å². The third-order valence-corrected chi connectivity index (χ3v) is 6.72. The molecule has 1 heteroatoms. The molecule has 0 saturated heterocycles. The first-order chi connectivity index (χ1) is 7.60. The van der Waals surface area contributed by atoms with Gasteiger partial charge in [-0.15, -0.1) is 0 Å². The number of hydrogen-bond acceptors (Lipinski definition) is 0. The molecule has 0 aromatic rings. The summed E-state index contributed by atoms with van der Waals surface area (Å²) in [6.45, 7) is 9.48. The van der Waals surface area contributed by atoms with Crippen LogP contribution >= 0.6 is 0 Å². The molecule has 95 valence electrons. The van der Waals surface area contributed by atoms with Crippen LogP contribution in [0.5, 0.6) is 0 Å². The second-order valence-electron chi connectivity index (χ2n) is 5.41. The van der Waals surface area contributed by atoms with Crippen molar-refractivity contribution in [2.75, 3.05) is 0 Å². The van der Waals surface area contributed by atoms with Crippen LogP contribution in [0.25, 0.3) is 0 Å². The monoisotopic (exact) mass is 331 g/mol. The van der Waals surface area contributed by atoms with Crippen molar-refractivity contribution in [3.63, 3.8) is 0 Å². The molecular weight excluding hydrogens is 299 g/mol. The molecule has 0 aliphatic rings. The SMILES string of the molecule is CCCCC(C)[C]([Sn])(CCCC)CCCC. The molecule has 0 aromatic carbocycles. The molecule has 16 heavy (non-hydrogen) atoms. The van der Waals surface area contributed by atoms with Gasteiger partial charge in [-0.2, -0.15) is 0 Å². The van der Waals surface area contributed by atoms with Crippen molar-refractivity contribution < 1.29 is 0 Å². The fourth-order valence-corrected chi connectivity index (χ4v) is 3.81. The molecule has 0 amide bonds. The van der Waals surface area contributed by atoms with E-state index >= 15 is 0 Å². The Hall–Kier alpha value is 0.799. The van der Waals surface area contributed by atoms with Gasteiger partial charge in [-0.05, 0) is 0 Å². The molecule has 0 bridgehead atoms. The van der Waals surface area contributed by atoms with E-state index in [4.69, 9.17) is 0 Å². The van der Waals surface area contributed by atoms with E-state index in [0.717, 1.165) is 5.92 Å². The van der Waals surface area contributed by atoms with Crippen LogP contribution in [0.4, 0.5) is 0 Å². The molecule has 0 fully saturated rings. The van der Waals surface area contributed by atoms with Gasteiger partial charge in [0.25, 0.3) is 0 Å². The normalized spacial score (nSPS) is 14.1. The molecule has 1 unspecified atom stereocenters. The summed E-state index contributed by atoms with van der Waals surface area (Å²) in [5, 5.41) is 0. The molecule has 0 aromatic heterocycles. The predicted octanol–water partition coefficient (Wildman–Crippen LogP) is 5.52. The van der Waals surface area contributed by atoms with E-state index in [1.165, 1.54) is 57.8 Å². The molecule has 0 spiro atoms. The summed E-state index contributed by atoms with van der Waals surface area (Å²) in [6.07, 6.45) is 12.8. The van der Waals surface area contributed by atoms with Gasteiger partial charge in [-0.1, -0.05) is 0 Å². The van der Waals surface area contributed by atoms with E-state index in [1.54, 1.807) is 22.5 Å². The quantitative estimate of drug-likeness (QED) is 0.463. The standard InChI is InChI=1S/C15H31.Sn/c1-5-8-11-14(4)15(12-9-6-2)13-10-7-3;/h14H,5-13H2,1-4H3;. The molecule has 0 N–H and O–H groups in total. The van der Waals surface area contributed by atoms with Crippen LogP contribution in [0.2, 0.25) is 3.43 Å². The van der Waals surface area contributed by atoms with Crippen molar-refractivity contribution in [1.29, 1.82) is 0 Å². The maximum absolute atomic E-state index is 2.51. The van der Waals surface area contributed by atoms with E-state index < -0.39 is 0 Å². The summed E-state index contributed by atoms with van der Waals surface area (Å²) < 4.78 is 0.702. The molecule has 0 rings (SSSR count). The van der Waals surface area contributed by atoms with Crippen molar-refractivity contribution in [3.8, 4) is 0 Å². The Labute approximate surface area is 117 Å². The fraction of sp³-hybridized carbons (Fsp3) is 1.00. The third kappa shape index (κ3) is 6.51. The van der Waals surface area contributed by atoms with E-state index in [1.807, 2.05) is 0 Å². The van der Waals surface area contributed by atoms with Crippen LogP contribution in [0.1, 0.15) is 85.5 Å². The van der Waals surface area contributed by atoms with Crippen LogP contribution in [0, 0.1) is 5.92 Å². The summed E-state index contributed by atoms with van der Waals surface area (Å²) in [5.74, 6) is 0.948. The molecule has 1 atom stereocenters. The van der Waals surface area contributed by atoms with Crippen molar-refractivity contribution in [2.45, 2.75) is 88.9 Å². The summed E-state index contributed by atoms with van der Waals surface area (Å²) in [5.41, 5.74) is 0. The van der Waals surface area contributed by atoms with E-state index in [0.29, 0.717) is 3.43 Å². The van der Waals surface area contributed by atoms with Crippen LogP contribution in [-0.2, 0) is 0 Å². The number of unbranched alkanes of at least 4 members (excludes halogenated alkanes) is 3. The van der Waals surface area contributed by atoms with Gasteiger partial charge in [0.2, 0.25) is 0 Å². The van der Waals surface area contributed by atoms with Crippen LogP contribution in [0.15, 0.2) is 0 Å². The fourth-order valence-electron chi connectivity index (χ4n) is 2.39. The van der Waals surface area contributed by atoms with Gasteiger partial charge in [-0.3, -0.25) is 0 Å². The average molecular weight is 330 g/mol. The van der Waals surface area contributed by atoms with Gasteiger partial charge in [0, 0.05) is 0 Å². The number of rotatable bonds is 10. The van der Waals surface area contributed by atoms with E-state index in [2.05, 4.69) is 27.7 Å². The topological polar surface area (TPSA) is 0 Å². The molecule has 0 saturated carbocycles. The zero-order valence-corrected chi connectivity index (χ0v) is 14.8. The number of hydrogen-bond donors (Lipinski definition) is 0. The second-order valence-corrected chi connectivity index (χ2v) is 8.25. The summed E-state index contributed by atoms with van der Waals surface area (Å²) >= 11 is 1.80. The van der Waals surface area contributed by atoms with Gasteiger partial charge in [0.05, 0.1) is 0 Å². The molecule has 0 aliphatic heterocycles. The molecule has 0 heterocycles. The Bertz CT molecular complexity index is 146. The van der Waals surface area contributed by atoms with Crippen LogP contribution < -0.4 is 0 Å². The van der Waals surface area contributed by atoms with Crippen molar-refractivity contribution in [2.24, 2.45) is 5.92 Å². The third-order valence-electron chi connectivity index (χ3n) is 3.89. The summed E-state index contributed by atoms with van der Waals surface area (Å²) in [4.78, 5) is 0. The second kappa shape index (κ2) is 9.79. The average Bonchev–Trinajstić information content (AvgIpc) is 2.30. The molecule has 3 radical (unpaired) electrons. The zero-order chi connectivity index (χ0) is 12.4. The zero-order valence-electron chi connectivity index (χ0n) is 11.9. The van der Waals surface area contributed by atoms with Gasteiger partial charge >= 0.3 is 117 Å². The first-order valence-electron chi connectivity index (χ1n) is 7.35. The molecular formula is C15H31Sn. The summed E-state index contributed by atoms with van der Waals surface area (Å²) in [6, 6.07) is 0. The van der Waals surface area contributed by atoms with Gasteiger partial charge in [0.15, 0.2) is 0 Å². The molecule has 0 nitrogen and oxygen atoms in total. The van der Waals surface area contributed by atoms with Gasteiger partial charge in [0.1, 0.15) is 0 Å². The summed E-state index contributed by atoms with van der Waals surface area (Å²) in [7, 11) is 0. The Morgan fingerprint density at radius 1 is 0.875 bits per heavy atom. The van der Waals surface area contributed by atoms with Gasteiger partial charge in [-0.25, -0.2) is 0 Å². The minimum absolute atomic E-state index is 0.702. The Balaban J connectivity index is 4.24. The van der Waals surface area contributed by atoms with Crippen LogP contribution in [-0.4, -0.2) is 22.5 Å². The van der Waals surface area contributed by atoms with Crippen molar-refractivity contribution >= 4 is 22.5 Å². The Morgan fingerprint density at radius 2 is 1.31 bits per heavy atom. The Kier molecular flexibility index (Phi) is 10.3. The van der Waals surface area contributed by atoms with Crippen LogP contribution in [0.3, 0.4) is 0 Å². The van der Waals surface area contributed by atoms with Gasteiger partial charge < -0.3 is 0 Å². The maximum atomic E-state index is 2.51. The Morgan fingerprint density at radius 3 is 1.69 bits per heavy atom. The predicted molar refractivity (Wildman–Crippen MR) is 76.2 cm³/mol. The molecule has 0 aliphatic carbocycles. The minimum atomic E-state index is 0.702.